The molecule has 0 radical (unpaired) electrons. The van der Waals surface area contributed by atoms with Crippen LogP contribution < -0.4 is 11.1 Å². The van der Waals surface area contributed by atoms with Crippen LogP contribution in [0.25, 0.3) is 0 Å². The quantitative estimate of drug-likeness (QED) is 0.643. The maximum atomic E-state index is 11.5. The fourth-order valence-corrected chi connectivity index (χ4v) is 1.94. The molecular weight excluding hydrogens is 214 g/mol. The number of hydrogen-bond donors (Lipinski definition) is 2. The fraction of sp³-hybridized carbons (Fsp3) is 0.923. The van der Waals surface area contributed by atoms with Crippen LogP contribution in [-0.2, 0) is 4.79 Å². The van der Waals surface area contributed by atoms with E-state index < -0.39 is 0 Å². The molecular formula is C13H29N3O. The highest BCUT2D eigenvalue weighted by atomic mass is 16.1. The van der Waals surface area contributed by atoms with Gasteiger partial charge in [-0.15, -0.1) is 0 Å². The van der Waals surface area contributed by atoms with E-state index in [-0.39, 0.29) is 11.4 Å². The summed E-state index contributed by atoms with van der Waals surface area (Å²) >= 11 is 0. The summed E-state index contributed by atoms with van der Waals surface area (Å²) in [7, 11) is 0. The molecule has 0 spiro atoms. The van der Waals surface area contributed by atoms with Crippen molar-refractivity contribution in [1.29, 1.82) is 0 Å². The molecule has 0 aliphatic carbocycles. The van der Waals surface area contributed by atoms with E-state index >= 15 is 0 Å². The molecule has 17 heavy (non-hydrogen) atoms. The van der Waals surface area contributed by atoms with E-state index in [9.17, 15) is 4.79 Å². The van der Waals surface area contributed by atoms with E-state index in [1.54, 1.807) is 0 Å². The minimum Gasteiger partial charge on any atom is -0.356 e. The van der Waals surface area contributed by atoms with Crippen LogP contribution in [0.15, 0.2) is 0 Å². The maximum absolute atomic E-state index is 11.5. The molecule has 0 fully saturated rings. The van der Waals surface area contributed by atoms with Gasteiger partial charge in [-0.1, -0.05) is 13.8 Å². The SMILES string of the molecule is CCCN(CCC(=O)NCC)C(C)(CC)CN. The Labute approximate surface area is 106 Å². The van der Waals surface area contributed by atoms with Crippen LogP contribution in [0.2, 0.25) is 0 Å². The van der Waals surface area contributed by atoms with Crippen LogP contribution in [0.1, 0.15) is 47.0 Å². The first-order valence-corrected chi connectivity index (χ1v) is 6.75. The van der Waals surface area contributed by atoms with E-state index in [0.29, 0.717) is 19.5 Å². The van der Waals surface area contributed by atoms with Gasteiger partial charge in [0.15, 0.2) is 0 Å². The monoisotopic (exact) mass is 243 g/mol. The lowest BCUT2D eigenvalue weighted by atomic mass is 9.96. The molecule has 0 saturated heterocycles. The van der Waals surface area contributed by atoms with Gasteiger partial charge in [0.05, 0.1) is 0 Å². The third-order valence-electron chi connectivity index (χ3n) is 3.44. The van der Waals surface area contributed by atoms with Gasteiger partial charge in [-0.3, -0.25) is 9.69 Å². The van der Waals surface area contributed by atoms with E-state index in [2.05, 4.69) is 31.0 Å². The van der Waals surface area contributed by atoms with Crippen molar-refractivity contribution in [2.24, 2.45) is 5.73 Å². The summed E-state index contributed by atoms with van der Waals surface area (Å²) in [6.45, 7) is 11.6. The molecule has 4 nitrogen and oxygen atoms in total. The molecule has 0 aliphatic rings. The van der Waals surface area contributed by atoms with E-state index in [1.165, 1.54) is 0 Å². The number of rotatable bonds is 9. The Bertz CT molecular complexity index is 215. The van der Waals surface area contributed by atoms with E-state index in [0.717, 1.165) is 25.9 Å². The highest BCUT2D eigenvalue weighted by molar-refractivity contribution is 5.75. The Kier molecular flexibility index (Phi) is 8.17. The highest BCUT2D eigenvalue weighted by Gasteiger charge is 2.27. The van der Waals surface area contributed by atoms with Crippen LogP contribution in [0.3, 0.4) is 0 Å². The third kappa shape index (κ3) is 5.50. The van der Waals surface area contributed by atoms with Crippen LogP contribution in [0.4, 0.5) is 0 Å². The van der Waals surface area contributed by atoms with Crippen molar-refractivity contribution in [2.75, 3.05) is 26.2 Å². The van der Waals surface area contributed by atoms with Gasteiger partial charge in [-0.2, -0.15) is 0 Å². The molecule has 0 bridgehead atoms. The lowest BCUT2D eigenvalue weighted by Crippen LogP contribution is -2.52. The van der Waals surface area contributed by atoms with Crippen LogP contribution in [0.5, 0.6) is 0 Å². The van der Waals surface area contributed by atoms with Gasteiger partial charge >= 0.3 is 0 Å². The second-order valence-corrected chi connectivity index (χ2v) is 4.75. The Morgan fingerprint density at radius 3 is 2.35 bits per heavy atom. The largest absolute Gasteiger partial charge is 0.356 e. The van der Waals surface area contributed by atoms with Gasteiger partial charge in [0.1, 0.15) is 0 Å². The lowest BCUT2D eigenvalue weighted by molar-refractivity contribution is -0.121. The molecule has 0 aliphatic heterocycles. The first-order valence-electron chi connectivity index (χ1n) is 6.75. The van der Waals surface area contributed by atoms with E-state index in [4.69, 9.17) is 5.73 Å². The predicted molar refractivity (Wildman–Crippen MR) is 72.9 cm³/mol. The molecule has 0 aromatic heterocycles. The molecule has 0 rings (SSSR count). The number of carbonyl (C=O) groups is 1. The summed E-state index contributed by atoms with van der Waals surface area (Å²) in [6, 6.07) is 0. The molecule has 0 aromatic rings. The van der Waals surface area contributed by atoms with Gasteiger partial charge < -0.3 is 11.1 Å². The summed E-state index contributed by atoms with van der Waals surface area (Å²) in [4.78, 5) is 13.8. The zero-order valence-electron chi connectivity index (χ0n) is 11.9. The van der Waals surface area contributed by atoms with Crippen molar-refractivity contribution in [3.05, 3.63) is 0 Å². The second kappa shape index (κ2) is 8.48. The Hall–Kier alpha value is -0.610. The van der Waals surface area contributed by atoms with Crippen molar-refractivity contribution in [3.63, 3.8) is 0 Å². The molecule has 4 heteroatoms. The molecule has 0 saturated carbocycles. The third-order valence-corrected chi connectivity index (χ3v) is 3.44. The van der Waals surface area contributed by atoms with Crippen LogP contribution >= 0.6 is 0 Å². The minimum absolute atomic E-state index is 0.0164. The number of nitrogens with zero attached hydrogens (tertiary/aromatic N) is 1. The van der Waals surface area contributed by atoms with Crippen molar-refractivity contribution < 1.29 is 4.79 Å². The van der Waals surface area contributed by atoms with Gasteiger partial charge in [-0.25, -0.2) is 0 Å². The normalized spacial score (nSPS) is 14.7. The summed E-state index contributed by atoms with van der Waals surface area (Å²) < 4.78 is 0. The molecule has 1 atom stereocenters. The minimum atomic E-state index is 0.0164. The number of hydrogen-bond acceptors (Lipinski definition) is 3. The molecule has 0 heterocycles. The number of carbonyl (C=O) groups excluding carboxylic acids is 1. The van der Waals surface area contributed by atoms with Gasteiger partial charge in [-0.05, 0) is 33.2 Å². The number of nitrogens with one attached hydrogen (secondary N) is 1. The van der Waals surface area contributed by atoms with Gasteiger partial charge in [0.25, 0.3) is 0 Å². The number of nitrogens with two attached hydrogens (primary N) is 1. The van der Waals surface area contributed by atoms with Crippen molar-refractivity contribution >= 4 is 5.91 Å². The summed E-state index contributed by atoms with van der Waals surface area (Å²) in [6.07, 6.45) is 2.66. The van der Waals surface area contributed by atoms with Crippen LogP contribution in [0, 0.1) is 0 Å². The van der Waals surface area contributed by atoms with Crippen molar-refractivity contribution in [2.45, 2.75) is 52.5 Å². The highest BCUT2D eigenvalue weighted by Crippen LogP contribution is 2.18. The summed E-state index contributed by atoms with van der Waals surface area (Å²) in [5, 5.41) is 2.83. The average molecular weight is 243 g/mol. The van der Waals surface area contributed by atoms with Crippen molar-refractivity contribution in [3.8, 4) is 0 Å². The Morgan fingerprint density at radius 1 is 1.29 bits per heavy atom. The van der Waals surface area contributed by atoms with Crippen LogP contribution in [-0.4, -0.2) is 42.5 Å². The zero-order valence-corrected chi connectivity index (χ0v) is 11.9. The van der Waals surface area contributed by atoms with Crippen molar-refractivity contribution in [1.82, 2.24) is 10.2 Å². The maximum Gasteiger partial charge on any atom is 0.221 e. The van der Waals surface area contributed by atoms with Gasteiger partial charge in [0, 0.05) is 31.6 Å². The predicted octanol–water partition coefficient (Wildman–Crippen LogP) is 1.35. The fourth-order valence-electron chi connectivity index (χ4n) is 1.94. The van der Waals surface area contributed by atoms with E-state index in [1.807, 2.05) is 6.92 Å². The zero-order chi connectivity index (χ0) is 13.3. The first-order chi connectivity index (χ1) is 8.03. The smallest absolute Gasteiger partial charge is 0.221 e. The molecule has 1 unspecified atom stereocenters. The standard InChI is InChI=1S/C13H29N3O/c1-5-9-16(13(4,6-2)11-14)10-8-12(17)15-7-3/h5-11,14H2,1-4H3,(H,15,17). The Morgan fingerprint density at radius 2 is 1.94 bits per heavy atom. The summed E-state index contributed by atoms with van der Waals surface area (Å²) in [5.41, 5.74) is 5.89. The molecule has 1 amide bonds. The second-order valence-electron chi connectivity index (χ2n) is 4.75. The lowest BCUT2D eigenvalue weighted by Gasteiger charge is -2.40. The van der Waals surface area contributed by atoms with Gasteiger partial charge in [0.2, 0.25) is 5.91 Å². The first kappa shape index (κ1) is 16.4. The molecule has 102 valence electrons. The molecule has 3 N–H and O–H groups in total. The topological polar surface area (TPSA) is 58.4 Å². The molecule has 0 aromatic carbocycles. The summed E-state index contributed by atoms with van der Waals surface area (Å²) in [5.74, 6) is 0.129. The Balaban J connectivity index is 4.37. The number of amides is 1. The average Bonchev–Trinajstić information content (AvgIpc) is 2.33.